The molecule has 0 aliphatic carbocycles. The molecule has 2 aromatic rings. The van der Waals surface area contributed by atoms with Crippen LogP contribution in [-0.4, -0.2) is 29.4 Å². The van der Waals surface area contributed by atoms with E-state index in [1.165, 1.54) is 0 Å². The molecule has 1 fully saturated rings. The summed E-state index contributed by atoms with van der Waals surface area (Å²) in [6.45, 7) is 2.61. The number of carbonyl (C=O) groups excluding carboxylic acids is 3. The fraction of sp³-hybridized carbons (Fsp3) is 0.250. The van der Waals surface area contributed by atoms with Gasteiger partial charge in [-0.25, -0.2) is 4.79 Å². The third kappa shape index (κ3) is 3.91. The molecule has 1 saturated heterocycles. The van der Waals surface area contributed by atoms with Gasteiger partial charge in [0.2, 0.25) is 11.8 Å². The third-order valence-electron chi connectivity index (χ3n) is 4.21. The van der Waals surface area contributed by atoms with Crippen LogP contribution in [0.2, 0.25) is 0 Å². The van der Waals surface area contributed by atoms with Gasteiger partial charge in [0.05, 0.1) is 13.2 Å². The van der Waals surface area contributed by atoms with E-state index in [1.54, 1.807) is 12.1 Å². The van der Waals surface area contributed by atoms with E-state index in [2.05, 4.69) is 5.32 Å². The lowest BCUT2D eigenvalue weighted by Gasteiger charge is -2.30. The molecule has 26 heavy (non-hydrogen) atoms. The lowest BCUT2D eigenvalue weighted by Crippen LogP contribution is -2.57. The maximum absolute atomic E-state index is 12.7. The van der Waals surface area contributed by atoms with Crippen LogP contribution >= 0.6 is 0 Å². The van der Waals surface area contributed by atoms with Crippen molar-refractivity contribution >= 4 is 17.8 Å². The summed E-state index contributed by atoms with van der Waals surface area (Å²) in [4.78, 5) is 38.1. The van der Waals surface area contributed by atoms with Crippen LogP contribution in [0, 0.1) is 5.92 Å². The van der Waals surface area contributed by atoms with E-state index < -0.39 is 23.8 Å². The summed E-state index contributed by atoms with van der Waals surface area (Å²) in [5.74, 6) is -1.22. The van der Waals surface area contributed by atoms with Crippen molar-refractivity contribution in [2.75, 3.05) is 6.61 Å². The van der Waals surface area contributed by atoms with Crippen LogP contribution in [-0.2, 0) is 22.6 Å². The van der Waals surface area contributed by atoms with Gasteiger partial charge in [0.15, 0.2) is 0 Å². The average molecular weight is 352 g/mol. The summed E-state index contributed by atoms with van der Waals surface area (Å²) in [7, 11) is 0. The Morgan fingerprint density at radius 2 is 1.65 bits per heavy atom. The number of nitrogens with one attached hydrogen (secondary N) is 1. The van der Waals surface area contributed by atoms with Crippen molar-refractivity contribution in [3.63, 3.8) is 0 Å². The van der Waals surface area contributed by atoms with Crippen LogP contribution < -0.4 is 10.1 Å². The number of imide groups is 2. The number of barbiturate groups is 1. The number of rotatable bonds is 6. The number of urea groups is 1. The molecule has 3 rings (SSSR count). The predicted molar refractivity (Wildman–Crippen MR) is 95.3 cm³/mol. The van der Waals surface area contributed by atoms with Crippen LogP contribution in [0.3, 0.4) is 0 Å². The molecule has 0 aromatic heterocycles. The monoisotopic (exact) mass is 352 g/mol. The molecular weight excluding hydrogens is 332 g/mol. The van der Waals surface area contributed by atoms with Crippen molar-refractivity contribution in [2.45, 2.75) is 19.9 Å². The minimum absolute atomic E-state index is 0.137. The minimum Gasteiger partial charge on any atom is -0.494 e. The molecule has 1 N–H and O–H groups in total. The number of nitrogens with zero attached hydrogens (tertiary/aromatic N) is 1. The molecule has 1 aliphatic heterocycles. The van der Waals surface area contributed by atoms with Gasteiger partial charge in [-0.3, -0.25) is 19.8 Å². The lowest BCUT2D eigenvalue weighted by molar-refractivity contribution is -0.142. The molecule has 6 heteroatoms. The summed E-state index contributed by atoms with van der Waals surface area (Å²) in [6.07, 6.45) is 0.232. The molecule has 134 valence electrons. The highest BCUT2D eigenvalue weighted by atomic mass is 16.5. The maximum Gasteiger partial charge on any atom is 0.331 e. The van der Waals surface area contributed by atoms with Crippen molar-refractivity contribution in [3.05, 3.63) is 65.7 Å². The Balaban J connectivity index is 1.74. The maximum atomic E-state index is 12.7. The normalized spacial score (nSPS) is 17.2. The van der Waals surface area contributed by atoms with E-state index in [9.17, 15) is 14.4 Å². The second-order valence-electron chi connectivity index (χ2n) is 6.04. The molecule has 1 heterocycles. The first-order valence-corrected chi connectivity index (χ1v) is 8.50. The third-order valence-corrected chi connectivity index (χ3v) is 4.21. The van der Waals surface area contributed by atoms with Crippen LogP contribution in [0.5, 0.6) is 5.75 Å². The van der Waals surface area contributed by atoms with E-state index in [0.717, 1.165) is 21.8 Å². The fourth-order valence-corrected chi connectivity index (χ4v) is 2.88. The molecule has 0 spiro atoms. The topological polar surface area (TPSA) is 75.7 Å². The van der Waals surface area contributed by atoms with Crippen molar-refractivity contribution < 1.29 is 19.1 Å². The first-order valence-electron chi connectivity index (χ1n) is 8.50. The number of hydrogen-bond acceptors (Lipinski definition) is 4. The highest BCUT2D eigenvalue weighted by molar-refractivity contribution is 6.16. The Bertz CT molecular complexity index is 802. The van der Waals surface area contributed by atoms with E-state index in [1.807, 2.05) is 49.4 Å². The summed E-state index contributed by atoms with van der Waals surface area (Å²) >= 11 is 0. The summed E-state index contributed by atoms with van der Waals surface area (Å²) < 4.78 is 5.39. The fourth-order valence-electron chi connectivity index (χ4n) is 2.88. The summed E-state index contributed by atoms with van der Waals surface area (Å²) in [6, 6.07) is 15.8. The lowest BCUT2D eigenvalue weighted by atomic mass is 9.95. The van der Waals surface area contributed by atoms with E-state index in [-0.39, 0.29) is 13.0 Å². The smallest absolute Gasteiger partial charge is 0.331 e. The standard InChI is InChI=1S/C20H20N2O4/c1-2-26-16-10-8-14(9-11-16)12-17-18(23)21-20(25)22(19(17)24)13-15-6-4-3-5-7-15/h3-11,17H,2,12-13H2,1H3,(H,21,23,25). The molecular formula is C20H20N2O4. The molecule has 0 bridgehead atoms. The van der Waals surface area contributed by atoms with Gasteiger partial charge in [-0.1, -0.05) is 42.5 Å². The van der Waals surface area contributed by atoms with Crippen LogP contribution in [0.15, 0.2) is 54.6 Å². The van der Waals surface area contributed by atoms with E-state index >= 15 is 0 Å². The van der Waals surface area contributed by atoms with Gasteiger partial charge >= 0.3 is 6.03 Å². The predicted octanol–water partition coefficient (Wildman–Crippen LogP) is 2.52. The zero-order chi connectivity index (χ0) is 18.5. The number of carbonyl (C=O) groups is 3. The van der Waals surface area contributed by atoms with Crippen molar-refractivity contribution in [1.29, 1.82) is 0 Å². The molecule has 1 unspecified atom stereocenters. The molecule has 6 nitrogen and oxygen atoms in total. The quantitative estimate of drug-likeness (QED) is 0.811. The second kappa shape index (κ2) is 7.82. The van der Waals surface area contributed by atoms with Gasteiger partial charge in [0.1, 0.15) is 11.7 Å². The highest BCUT2D eigenvalue weighted by Crippen LogP contribution is 2.20. The number of hydrogen-bond donors (Lipinski definition) is 1. The van der Waals surface area contributed by atoms with Gasteiger partial charge < -0.3 is 4.74 Å². The van der Waals surface area contributed by atoms with E-state index in [0.29, 0.717) is 6.61 Å². The Hall–Kier alpha value is -3.15. The molecule has 4 amide bonds. The van der Waals surface area contributed by atoms with Crippen molar-refractivity contribution in [3.8, 4) is 5.75 Å². The molecule has 2 aromatic carbocycles. The number of benzene rings is 2. The van der Waals surface area contributed by atoms with Gasteiger partial charge in [-0.15, -0.1) is 0 Å². The number of ether oxygens (including phenoxy) is 1. The molecule has 1 atom stereocenters. The first-order chi connectivity index (χ1) is 12.6. The average Bonchev–Trinajstić information content (AvgIpc) is 2.65. The Labute approximate surface area is 151 Å². The summed E-state index contributed by atoms with van der Waals surface area (Å²) in [5.41, 5.74) is 1.65. The minimum atomic E-state index is -0.922. The van der Waals surface area contributed by atoms with Gasteiger partial charge in [-0.05, 0) is 36.6 Å². The molecule has 0 saturated carbocycles. The zero-order valence-corrected chi connectivity index (χ0v) is 14.5. The molecule has 1 aliphatic rings. The molecule has 0 radical (unpaired) electrons. The van der Waals surface area contributed by atoms with Crippen LogP contribution in [0.25, 0.3) is 0 Å². The van der Waals surface area contributed by atoms with Crippen LogP contribution in [0.1, 0.15) is 18.1 Å². The van der Waals surface area contributed by atoms with Gasteiger partial charge in [0.25, 0.3) is 0 Å². The SMILES string of the molecule is CCOc1ccc(CC2C(=O)NC(=O)N(Cc3ccccc3)C2=O)cc1. The second-order valence-corrected chi connectivity index (χ2v) is 6.04. The number of amides is 4. The Morgan fingerprint density at radius 3 is 2.31 bits per heavy atom. The largest absolute Gasteiger partial charge is 0.494 e. The Morgan fingerprint density at radius 1 is 0.962 bits per heavy atom. The van der Waals surface area contributed by atoms with Gasteiger partial charge in [0, 0.05) is 0 Å². The first kappa shape index (κ1) is 17.7. The van der Waals surface area contributed by atoms with Gasteiger partial charge in [-0.2, -0.15) is 0 Å². The summed E-state index contributed by atoms with van der Waals surface area (Å²) in [5, 5.41) is 2.28. The van der Waals surface area contributed by atoms with Crippen molar-refractivity contribution in [2.24, 2.45) is 5.92 Å². The van der Waals surface area contributed by atoms with E-state index in [4.69, 9.17) is 4.74 Å². The zero-order valence-electron chi connectivity index (χ0n) is 14.5. The van der Waals surface area contributed by atoms with Crippen molar-refractivity contribution in [1.82, 2.24) is 10.2 Å². The Kier molecular flexibility index (Phi) is 5.31. The highest BCUT2D eigenvalue weighted by Gasteiger charge is 2.40. The van der Waals surface area contributed by atoms with Crippen LogP contribution in [0.4, 0.5) is 4.79 Å².